The van der Waals surface area contributed by atoms with E-state index >= 15 is 0 Å². The van der Waals surface area contributed by atoms with Crippen molar-refractivity contribution in [3.05, 3.63) is 28.6 Å². The third-order valence-electron chi connectivity index (χ3n) is 2.00. The van der Waals surface area contributed by atoms with Gasteiger partial charge in [0.2, 0.25) is 12.2 Å². The van der Waals surface area contributed by atoms with Crippen LogP contribution in [0.25, 0.3) is 11.0 Å². The van der Waals surface area contributed by atoms with Crippen LogP contribution in [0, 0.1) is 10.4 Å². The van der Waals surface area contributed by atoms with E-state index in [1.165, 1.54) is 18.2 Å². The zero-order valence-corrected chi connectivity index (χ0v) is 7.12. The maximum atomic E-state index is 11.3. The van der Waals surface area contributed by atoms with E-state index in [2.05, 4.69) is 0 Å². The summed E-state index contributed by atoms with van der Waals surface area (Å²) in [5.41, 5.74) is 5.52. The summed E-state index contributed by atoms with van der Waals surface area (Å²) >= 11 is 0. The van der Waals surface area contributed by atoms with Gasteiger partial charge in [-0.1, -0.05) is 6.07 Å². The largest absolute Gasteiger partial charge is 0.657 e. The second-order valence-electron chi connectivity index (χ2n) is 2.75. The highest BCUT2D eigenvalue weighted by Gasteiger charge is 2.25. The number of phenols is 1. The van der Waals surface area contributed by atoms with E-state index < -0.39 is 0 Å². The molecule has 1 heterocycles. The smallest absolute Gasteiger partial charge is 0.291 e. The lowest BCUT2D eigenvalue weighted by atomic mass is 10.3. The Hall–Kier alpha value is -2.02. The van der Waals surface area contributed by atoms with Crippen LogP contribution in [0.5, 0.6) is 5.75 Å². The summed E-state index contributed by atoms with van der Waals surface area (Å²) in [5, 5.41) is 31.8. The van der Waals surface area contributed by atoms with Gasteiger partial charge in [-0.2, -0.15) is 0 Å². The fraction of sp³-hybridized carbons (Fsp3) is 0.143. The number of aromatic nitrogens is 3. The fourth-order valence-electron chi connectivity index (χ4n) is 1.37. The number of nitrogens with zero attached hydrogens (tertiary/aromatic N) is 3. The van der Waals surface area contributed by atoms with Gasteiger partial charge >= 0.3 is 0 Å². The standard InChI is InChI=1S/C7H8N4O3/c8-4-9-5-2-1-3-6(12)7(5)10(13)11(9)14/h1-3,12H,4,8H2. The highest BCUT2D eigenvalue weighted by atomic mass is 16.6. The van der Waals surface area contributed by atoms with E-state index in [1.807, 2.05) is 0 Å². The quantitative estimate of drug-likeness (QED) is 0.429. The minimum absolute atomic E-state index is 0.0531. The molecule has 0 aliphatic heterocycles. The van der Waals surface area contributed by atoms with Crippen LogP contribution >= 0.6 is 0 Å². The van der Waals surface area contributed by atoms with Gasteiger partial charge in [-0.3, -0.25) is 5.73 Å². The van der Waals surface area contributed by atoms with Crippen molar-refractivity contribution < 1.29 is 14.9 Å². The molecule has 74 valence electrons. The minimum Gasteiger partial charge on any atom is -0.657 e. The Bertz CT molecular complexity index is 493. The summed E-state index contributed by atoms with van der Waals surface area (Å²) < 4.78 is 1.02. The van der Waals surface area contributed by atoms with Crippen LogP contribution in [-0.4, -0.2) is 9.79 Å². The first kappa shape index (κ1) is 8.57. The predicted octanol–water partition coefficient (Wildman–Crippen LogP) is -1.47. The molecule has 1 aromatic carbocycles. The summed E-state index contributed by atoms with van der Waals surface area (Å²) in [6.07, 6.45) is 0. The Kier molecular flexibility index (Phi) is 1.68. The second kappa shape index (κ2) is 2.74. The van der Waals surface area contributed by atoms with Gasteiger partial charge < -0.3 is 15.5 Å². The summed E-state index contributed by atoms with van der Waals surface area (Å²) in [4.78, 5) is 0.113. The predicted molar refractivity (Wildman–Crippen MR) is 45.7 cm³/mol. The fourth-order valence-corrected chi connectivity index (χ4v) is 1.37. The average Bonchev–Trinajstić information content (AvgIpc) is 2.41. The first-order valence-corrected chi connectivity index (χ1v) is 3.90. The van der Waals surface area contributed by atoms with Crippen molar-refractivity contribution in [1.82, 2.24) is 4.68 Å². The molecule has 7 heteroatoms. The van der Waals surface area contributed by atoms with Gasteiger partial charge in [-0.25, -0.2) is 0 Å². The SMILES string of the molecule is NCn1c2cccc(O)c2[n+]([O-])[n+]1[O-]. The molecule has 0 radical (unpaired) electrons. The van der Waals surface area contributed by atoms with E-state index in [1.54, 1.807) is 0 Å². The Morgan fingerprint density at radius 2 is 2.14 bits per heavy atom. The van der Waals surface area contributed by atoms with E-state index in [0.29, 0.717) is 5.52 Å². The monoisotopic (exact) mass is 196 g/mol. The number of phenolic OH excluding ortho intramolecular Hbond substituents is 1. The number of fused-ring (bicyclic) bond motifs is 1. The normalized spacial score (nSPS) is 10.9. The number of benzene rings is 1. The zero-order valence-electron chi connectivity index (χ0n) is 7.12. The van der Waals surface area contributed by atoms with Crippen LogP contribution in [0.15, 0.2) is 18.2 Å². The Labute approximate surface area is 78.3 Å². The van der Waals surface area contributed by atoms with Crippen LogP contribution in [0.4, 0.5) is 0 Å². The number of aromatic hydroxyl groups is 1. The molecule has 0 unspecified atom stereocenters. The van der Waals surface area contributed by atoms with Gasteiger partial charge in [-0.05, 0) is 12.1 Å². The van der Waals surface area contributed by atoms with E-state index in [4.69, 9.17) is 5.73 Å². The molecule has 0 aliphatic rings. The van der Waals surface area contributed by atoms with E-state index in [0.717, 1.165) is 4.68 Å². The van der Waals surface area contributed by atoms with Crippen molar-refractivity contribution in [1.29, 1.82) is 0 Å². The number of para-hydroxylation sites is 1. The lowest BCUT2D eigenvalue weighted by Crippen LogP contribution is -2.63. The van der Waals surface area contributed by atoms with Crippen LogP contribution in [0.2, 0.25) is 0 Å². The molecule has 2 rings (SSSR count). The van der Waals surface area contributed by atoms with E-state index in [9.17, 15) is 15.5 Å². The molecule has 14 heavy (non-hydrogen) atoms. The molecule has 0 atom stereocenters. The van der Waals surface area contributed by atoms with Gasteiger partial charge in [0.25, 0.3) is 5.52 Å². The summed E-state index contributed by atoms with van der Waals surface area (Å²) in [6, 6.07) is 4.39. The molecule has 0 fully saturated rings. The van der Waals surface area contributed by atoms with Crippen molar-refractivity contribution in [2.24, 2.45) is 5.73 Å². The third kappa shape index (κ3) is 0.895. The van der Waals surface area contributed by atoms with Crippen LogP contribution in [0.3, 0.4) is 0 Å². The molecule has 1 aromatic heterocycles. The van der Waals surface area contributed by atoms with Crippen molar-refractivity contribution in [3.8, 4) is 5.75 Å². The van der Waals surface area contributed by atoms with E-state index in [-0.39, 0.29) is 27.7 Å². The summed E-state index contributed by atoms with van der Waals surface area (Å²) in [6.45, 7) is -0.126. The summed E-state index contributed by atoms with van der Waals surface area (Å²) in [5.74, 6) is -0.241. The van der Waals surface area contributed by atoms with Crippen LogP contribution in [-0.2, 0) is 6.67 Å². The van der Waals surface area contributed by atoms with Gasteiger partial charge in [0.1, 0.15) is 0 Å². The molecule has 0 bridgehead atoms. The number of rotatable bonds is 1. The average molecular weight is 196 g/mol. The topological polar surface area (TPSA) is 105 Å². The lowest BCUT2D eigenvalue weighted by Gasteiger charge is -1.94. The molecule has 0 aliphatic carbocycles. The third-order valence-corrected chi connectivity index (χ3v) is 2.00. The van der Waals surface area contributed by atoms with Crippen LogP contribution in [0.1, 0.15) is 0 Å². The van der Waals surface area contributed by atoms with Crippen molar-refractivity contribution >= 4 is 11.0 Å². The van der Waals surface area contributed by atoms with Crippen LogP contribution < -0.4 is 15.5 Å². The number of nitrogens with two attached hydrogens (primary N) is 1. The highest BCUT2D eigenvalue weighted by Crippen LogP contribution is 2.18. The maximum absolute atomic E-state index is 11.3. The van der Waals surface area contributed by atoms with Crippen molar-refractivity contribution in [2.75, 3.05) is 0 Å². The van der Waals surface area contributed by atoms with Gasteiger partial charge in [-0.15, -0.1) is 0 Å². The minimum atomic E-state index is -0.241. The second-order valence-corrected chi connectivity index (χ2v) is 2.75. The lowest BCUT2D eigenvalue weighted by molar-refractivity contribution is -1.21. The maximum Gasteiger partial charge on any atom is 0.291 e. The molecule has 3 N–H and O–H groups in total. The number of hydrogen-bond donors (Lipinski definition) is 2. The van der Waals surface area contributed by atoms with Gasteiger partial charge in [0, 0.05) is 9.53 Å². The van der Waals surface area contributed by atoms with Crippen molar-refractivity contribution in [2.45, 2.75) is 6.67 Å². The Balaban J connectivity index is 2.95. The Morgan fingerprint density at radius 1 is 1.43 bits per heavy atom. The molecule has 0 spiro atoms. The Morgan fingerprint density at radius 3 is 2.79 bits per heavy atom. The summed E-state index contributed by atoms with van der Waals surface area (Å²) in [7, 11) is 0. The first-order valence-electron chi connectivity index (χ1n) is 3.90. The molecule has 2 aromatic rings. The molecule has 7 nitrogen and oxygen atoms in total. The first-order chi connectivity index (χ1) is 6.66. The molecule has 0 saturated heterocycles. The van der Waals surface area contributed by atoms with Gasteiger partial charge in [0.05, 0.1) is 0 Å². The van der Waals surface area contributed by atoms with Gasteiger partial charge in [0.15, 0.2) is 10.7 Å². The highest BCUT2D eigenvalue weighted by molar-refractivity contribution is 5.77. The molecular weight excluding hydrogens is 188 g/mol. The van der Waals surface area contributed by atoms with Crippen molar-refractivity contribution in [3.63, 3.8) is 0 Å². The molecule has 0 saturated carbocycles. The molecular formula is C7H8N4O3. The number of hydrogen-bond acceptors (Lipinski definition) is 4. The molecule has 0 amide bonds. The zero-order chi connectivity index (χ0) is 10.3.